The minimum Gasteiger partial charge on any atom is -1.00 e. The molecule has 0 N–H and O–H groups in total. The van der Waals surface area contributed by atoms with E-state index in [0.717, 1.165) is 31.9 Å². The highest BCUT2D eigenvalue weighted by molar-refractivity contribution is 5.71. The van der Waals surface area contributed by atoms with E-state index < -0.39 is 0 Å². The molecule has 1 heterocycles. The molecule has 0 fully saturated rings. The molecule has 1 aromatic heterocycles. The number of ether oxygens (including phenoxy) is 1. The number of hydrogen-bond donors (Lipinski definition) is 0. The first-order valence-corrected chi connectivity index (χ1v) is 9.09. The second kappa shape index (κ2) is 9.38. The summed E-state index contributed by atoms with van der Waals surface area (Å²) in [5, 5.41) is 0. The van der Waals surface area contributed by atoms with Gasteiger partial charge in [0.25, 0.3) is 0 Å². The number of fused-ring (bicyclic) bond motifs is 1. The third kappa shape index (κ3) is 4.77. The standard InChI is InChI=1S/C23H23N2O.BrH/c1-3-10-20(11-4-1)18-25-19-24(22-14-7-8-15-23(22)25)16-9-17-26-21-12-5-2-6-13-21;/h1-8,10-15,19H,9,16-18H2;1H/q+1;/p-1. The quantitative estimate of drug-likeness (QED) is 0.325. The Morgan fingerprint density at radius 3 is 2.22 bits per heavy atom. The zero-order valence-corrected chi connectivity index (χ0v) is 16.8. The average molecular weight is 423 g/mol. The molecule has 4 rings (SSSR count). The zero-order chi connectivity index (χ0) is 17.6. The highest BCUT2D eigenvalue weighted by Crippen LogP contribution is 2.13. The molecule has 3 aromatic carbocycles. The molecule has 0 bridgehead atoms. The Hall–Kier alpha value is -2.59. The van der Waals surface area contributed by atoms with Gasteiger partial charge in [0.05, 0.1) is 13.2 Å². The third-order valence-electron chi connectivity index (χ3n) is 4.53. The van der Waals surface area contributed by atoms with E-state index >= 15 is 0 Å². The van der Waals surface area contributed by atoms with E-state index in [0.29, 0.717) is 0 Å². The number of aryl methyl sites for hydroxylation is 1. The van der Waals surface area contributed by atoms with Crippen molar-refractivity contribution in [1.82, 2.24) is 4.57 Å². The molecule has 0 atom stereocenters. The normalized spacial score (nSPS) is 10.5. The van der Waals surface area contributed by atoms with Crippen molar-refractivity contribution < 1.29 is 26.3 Å². The van der Waals surface area contributed by atoms with Crippen molar-refractivity contribution >= 4 is 11.0 Å². The van der Waals surface area contributed by atoms with Gasteiger partial charge in [-0.1, -0.05) is 60.7 Å². The Kier molecular flexibility index (Phi) is 6.66. The highest BCUT2D eigenvalue weighted by atomic mass is 79.9. The molecular weight excluding hydrogens is 400 g/mol. The maximum absolute atomic E-state index is 5.82. The molecule has 27 heavy (non-hydrogen) atoms. The van der Waals surface area contributed by atoms with Crippen LogP contribution in [-0.4, -0.2) is 11.2 Å². The van der Waals surface area contributed by atoms with Gasteiger partial charge >= 0.3 is 0 Å². The second-order valence-corrected chi connectivity index (χ2v) is 6.43. The molecule has 3 nitrogen and oxygen atoms in total. The van der Waals surface area contributed by atoms with Crippen LogP contribution in [0.1, 0.15) is 12.0 Å². The molecule has 138 valence electrons. The number of rotatable bonds is 7. The van der Waals surface area contributed by atoms with Gasteiger partial charge < -0.3 is 21.7 Å². The molecule has 0 aliphatic rings. The topological polar surface area (TPSA) is 18.0 Å². The zero-order valence-electron chi connectivity index (χ0n) is 15.2. The molecule has 0 radical (unpaired) electrons. The maximum atomic E-state index is 5.82. The molecule has 0 amide bonds. The van der Waals surface area contributed by atoms with Crippen LogP contribution in [0.5, 0.6) is 5.75 Å². The molecule has 4 aromatic rings. The van der Waals surface area contributed by atoms with E-state index in [9.17, 15) is 0 Å². The van der Waals surface area contributed by atoms with Gasteiger partial charge in [0, 0.05) is 6.42 Å². The predicted octanol–water partition coefficient (Wildman–Crippen LogP) is 1.45. The highest BCUT2D eigenvalue weighted by Gasteiger charge is 2.15. The van der Waals surface area contributed by atoms with Gasteiger partial charge in [-0.05, 0) is 29.8 Å². The number of para-hydroxylation sites is 3. The Balaban J connectivity index is 0.00000210. The third-order valence-corrected chi connectivity index (χ3v) is 4.53. The summed E-state index contributed by atoms with van der Waals surface area (Å²) in [4.78, 5) is 0. The Morgan fingerprint density at radius 1 is 0.778 bits per heavy atom. The first-order valence-electron chi connectivity index (χ1n) is 9.09. The van der Waals surface area contributed by atoms with Crippen LogP contribution in [0.15, 0.2) is 91.3 Å². The lowest BCUT2D eigenvalue weighted by Gasteiger charge is -2.04. The molecular formula is C23H23BrN2O. The van der Waals surface area contributed by atoms with Crippen molar-refractivity contribution in [2.75, 3.05) is 6.61 Å². The van der Waals surface area contributed by atoms with Gasteiger partial charge in [0.2, 0.25) is 6.33 Å². The van der Waals surface area contributed by atoms with Gasteiger partial charge in [-0.2, -0.15) is 0 Å². The van der Waals surface area contributed by atoms with Crippen molar-refractivity contribution in [3.8, 4) is 5.75 Å². The van der Waals surface area contributed by atoms with Gasteiger partial charge in [-0.15, -0.1) is 0 Å². The molecule has 4 heteroatoms. The lowest BCUT2D eigenvalue weighted by Crippen LogP contribution is -3.00. The van der Waals surface area contributed by atoms with E-state index in [-0.39, 0.29) is 17.0 Å². The fourth-order valence-electron chi connectivity index (χ4n) is 3.27. The molecule has 0 spiro atoms. The van der Waals surface area contributed by atoms with Gasteiger partial charge in [0.1, 0.15) is 12.3 Å². The average Bonchev–Trinajstić information content (AvgIpc) is 3.05. The molecule has 0 aliphatic carbocycles. The molecule has 0 saturated heterocycles. The maximum Gasteiger partial charge on any atom is 0.245 e. The van der Waals surface area contributed by atoms with Crippen molar-refractivity contribution in [3.05, 3.63) is 96.8 Å². The summed E-state index contributed by atoms with van der Waals surface area (Å²) in [6, 6.07) is 29.2. The van der Waals surface area contributed by atoms with E-state index in [1.54, 1.807) is 0 Å². The number of halogens is 1. The fourth-order valence-corrected chi connectivity index (χ4v) is 3.27. The predicted molar refractivity (Wildman–Crippen MR) is 104 cm³/mol. The van der Waals surface area contributed by atoms with Crippen LogP contribution in [0.3, 0.4) is 0 Å². The summed E-state index contributed by atoms with van der Waals surface area (Å²) in [6.07, 6.45) is 3.19. The largest absolute Gasteiger partial charge is 1.00 e. The Bertz CT molecular complexity index is 968. The summed E-state index contributed by atoms with van der Waals surface area (Å²) in [5.41, 5.74) is 3.84. The van der Waals surface area contributed by atoms with Crippen LogP contribution < -0.4 is 26.3 Å². The van der Waals surface area contributed by atoms with E-state index in [1.165, 1.54) is 16.6 Å². The minimum absolute atomic E-state index is 0. The van der Waals surface area contributed by atoms with Gasteiger partial charge in [-0.3, -0.25) is 0 Å². The van der Waals surface area contributed by atoms with Crippen LogP contribution in [0.2, 0.25) is 0 Å². The number of benzene rings is 3. The monoisotopic (exact) mass is 422 g/mol. The van der Waals surface area contributed by atoms with Crippen molar-refractivity contribution in [3.63, 3.8) is 0 Å². The molecule has 0 saturated carbocycles. The summed E-state index contributed by atoms with van der Waals surface area (Å²) in [5.74, 6) is 0.934. The van der Waals surface area contributed by atoms with E-state index in [1.807, 2.05) is 30.3 Å². The SMILES string of the molecule is [Br-].c1ccc(C[n+]2cn(CCCOc3ccccc3)c3ccccc32)cc1. The van der Waals surface area contributed by atoms with Crippen LogP contribution in [-0.2, 0) is 13.1 Å². The van der Waals surface area contributed by atoms with Crippen molar-refractivity contribution in [2.45, 2.75) is 19.5 Å². The van der Waals surface area contributed by atoms with Crippen LogP contribution in [0.4, 0.5) is 0 Å². The lowest BCUT2D eigenvalue weighted by molar-refractivity contribution is -0.663. The van der Waals surface area contributed by atoms with Gasteiger partial charge in [0.15, 0.2) is 11.0 Å². The lowest BCUT2D eigenvalue weighted by atomic mass is 10.2. The molecule has 0 unspecified atom stereocenters. The minimum atomic E-state index is 0. The molecule has 0 aliphatic heterocycles. The van der Waals surface area contributed by atoms with Crippen LogP contribution in [0.25, 0.3) is 11.0 Å². The fraction of sp³-hybridized carbons (Fsp3) is 0.174. The summed E-state index contributed by atoms with van der Waals surface area (Å²) in [7, 11) is 0. The number of hydrogen-bond acceptors (Lipinski definition) is 1. The van der Waals surface area contributed by atoms with Crippen LogP contribution in [0, 0.1) is 0 Å². The van der Waals surface area contributed by atoms with Crippen molar-refractivity contribution in [1.29, 1.82) is 0 Å². The smallest absolute Gasteiger partial charge is 0.245 e. The number of imidazole rings is 1. The number of nitrogens with zero attached hydrogens (tertiary/aromatic N) is 2. The van der Waals surface area contributed by atoms with Gasteiger partial charge in [-0.25, -0.2) is 9.13 Å². The first-order chi connectivity index (χ1) is 12.9. The first kappa shape index (κ1) is 19.2. The van der Waals surface area contributed by atoms with E-state index in [2.05, 4.69) is 70.1 Å². The van der Waals surface area contributed by atoms with E-state index in [4.69, 9.17) is 4.74 Å². The van der Waals surface area contributed by atoms with Crippen molar-refractivity contribution in [2.24, 2.45) is 0 Å². The number of aromatic nitrogens is 2. The van der Waals surface area contributed by atoms with Crippen LogP contribution >= 0.6 is 0 Å². The summed E-state index contributed by atoms with van der Waals surface area (Å²) >= 11 is 0. The second-order valence-electron chi connectivity index (χ2n) is 6.43. The Morgan fingerprint density at radius 2 is 1.44 bits per heavy atom. The Labute approximate surface area is 170 Å². The summed E-state index contributed by atoms with van der Waals surface area (Å²) < 4.78 is 10.5. The summed E-state index contributed by atoms with van der Waals surface area (Å²) in [6.45, 7) is 2.54.